The van der Waals surface area contributed by atoms with Gasteiger partial charge < -0.3 is 14.2 Å². The number of methoxy groups -OCH3 is 2. The Morgan fingerprint density at radius 1 is 1.11 bits per heavy atom. The van der Waals surface area contributed by atoms with Crippen LogP contribution >= 0.6 is 8.46 Å². The molecule has 0 heterocycles. The van der Waals surface area contributed by atoms with Crippen molar-refractivity contribution in [2.75, 3.05) is 14.2 Å². The highest BCUT2D eigenvalue weighted by Crippen LogP contribution is 2.56. The smallest absolute Gasteiger partial charge is 0.324 e. The van der Waals surface area contributed by atoms with E-state index in [-0.39, 0.29) is 17.5 Å². The lowest BCUT2D eigenvalue weighted by Crippen LogP contribution is -2.52. The van der Waals surface area contributed by atoms with E-state index in [1.54, 1.807) is 39.0 Å². The molecule has 7 heteroatoms. The summed E-state index contributed by atoms with van der Waals surface area (Å²) in [7, 11) is 2.52. The van der Waals surface area contributed by atoms with Crippen LogP contribution in [0.2, 0.25) is 0 Å². The highest BCUT2D eigenvalue weighted by atomic mass is 31.1. The molecule has 0 bridgehead atoms. The maximum Gasteiger partial charge on any atom is 0.324 e. The number of ketones is 1. The van der Waals surface area contributed by atoms with Crippen molar-refractivity contribution in [1.29, 1.82) is 0 Å². The van der Waals surface area contributed by atoms with Crippen molar-refractivity contribution in [2.24, 2.45) is 5.41 Å². The average Bonchev–Trinajstić information content (AvgIpc) is 3.16. The molecular weight excluding hydrogens is 367 g/mol. The van der Waals surface area contributed by atoms with Crippen LogP contribution in [-0.2, 0) is 14.1 Å². The van der Waals surface area contributed by atoms with Crippen LogP contribution in [0, 0.1) is 5.41 Å². The summed E-state index contributed by atoms with van der Waals surface area (Å²) in [6.45, 7) is 5.01. The van der Waals surface area contributed by atoms with Crippen molar-refractivity contribution in [3.8, 4) is 11.5 Å². The Balaban J connectivity index is 2.65. The molecule has 1 aromatic carbocycles. The highest BCUT2D eigenvalue weighted by molar-refractivity contribution is 7.28. The topological polar surface area (TPSA) is 78.9 Å². The van der Waals surface area contributed by atoms with Gasteiger partial charge in [-0.15, -0.1) is 0 Å². The number of ether oxygens (including phenoxy) is 3. The molecular formula is C20H27O6P. The number of Topliss-reactive ketones (excluding diaryl/α,β-unsaturated/α-hetero) is 1. The van der Waals surface area contributed by atoms with Crippen molar-refractivity contribution in [2.45, 2.75) is 57.7 Å². The Bertz CT molecular complexity index is 701. The molecule has 1 aromatic rings. The SMILES string of the molecule is COc1cccc(OC)c1C(=O)C1(C(C)(P=O)C(=O)OC(C)C)CCCC1. The lowest BCUT2D eigenvalue weighted by atomic mass is 9.68. The summed E-state index contributed by atoms with van der Waals surface area (Å²) >= 11 is 0. The van der Waals surface area contributed by atoms with E-state index in [2.05, 4.69) is 0 Å². The number of esters is 1. The van der Waals surface area contributed by atoms with Crippen LogP contribution < -0.4 is 9.47 Å². The molecule has 148 valence electrons. The number of rotatable bonds is 8. The zero-order chi connectivity index (χ0) is 20.2. The summed E-state index contributed by atoms with van der Waals surface area (Å²) in [4.78, 5) is 26.7. The Kier molecular flexibility index (Phi) is 6.63. The summed E-state index contributed by atoms with van der Waals surface area (Å²) < 4.78 is 28.4. The molecule has 0 radical (unpaired) electrons. The third-order valence-corrected chi connectivity index (χ3v) is 6.38. The van der Waals surface area contributed by atoms with Crippen LogP contribution in [0.5, 0.6) is 11.5 Å². The van der Waals surface area contributed by atoms with Gasteiger partial charge in [-0.25, -0.2) is 0 Å². The van der Waals surface area contributed by atoms with Crippen LogP contribution in [0.3, 0.4) is 0 Å². The van der Waals surface area contributed by atoms with E-state index in [0.717, 1.165) is 12.8 Å². The zero-order valence-corrected chi connectivity index (χ0v) is 17.4. The predicted octanol–water partition coefficient (Wildman–Crippen LogP) is 4.45. The summed E-state index contributed by atoms with van der Waals surface area (Å²) in [5, 5.41) is -1.49. The van der Waals surface area contributed by atoms with Crippen molar-refractivity contribution >= 4 is 20.2 Å². The molecule has 2 rings (SSSR count). The van der Waals surface area contributed by atoms with Crippen molar-refractivity contribution < 1.29 is 28.4 Å². The van der Waals surface area contributed by atoms with Gasteiger partial charge in [0.2, 0.25) is 0 Å². The second kappa shape index (κ2) is 8.39. The minimum absolute atomic E-state index is 0.275. The molecule has 0 N–H and O–H groups in total. The van der Waals surface area contributed by atoms with Gasteiger partial charge in [0.1, 0.15) is 17.1 Å². The molecule has 1 aliphatic carbocycles. The number of benzene rings is 1. The molecule has 6 nitrogen and oxygen atoms in total. The molecule has 27 heavy (non-hydrogen) atoms. The fourth-order valence-corrected chi connectivity index (χ4v) is 4.50. The number of hydrogen-bond acceptors (Lipinski definition) is 6. The molecule has 0 saturated heterocycles. The molecule has 1 unspecified atom stereocenters. The van der Waals surface area contributed by atoms with E-state index < -0.39 is 25.0 Å². The lowest BCUT2D eigenvalue weighted by molar-refractivity contribution is -0.153. The normalized spacial score (nSPS) is 18.1. The first-order valence-corrected chi connectivity index (χ1v) is 9.90. The second-order valence-electron chi connectivity index (χ2n) is 7.27. The quantitative estimate of drug-likeness (QED) is 0.368. The maximum atomic E-state index is 13.8. The van der Waals surface area contributed by atoms with Gasteiger partial charge >= 0.3 is 5.97 Å². The van der Waals surface area contributed by atoms with E-state index in [1.807, 2.05) is 0 Å². The van der Waals surface area contributed by atoms with Gasteiger partial charge in [-0.3, -0.25) is 14.2 Å². The van der Waals surface area contributed by atoms with Crippen LogP contribution in [0.15, 0.2) is 18.2 Å². The number of carbonyl (C=O) groups is 2. The van der Waals surface area contributed by atoms with Gasteiger partial charge in [-0.2, -0.15) is 0 Å². The first-order chi connectivity index (χ1) is 12.8. The van der Waals surface area contributed by atoms with E-state index in [1.165, 1.54) is 14.2 Å². The standard InChI is InChI=1S/C20H27O6P/c1-13(2)26-18(22)19(3,27-23)20(11-6-7-12-20)17(21)16-14(24-4)9-8-10-15(16)25-5/h8-10,13H,6-7,11-12H2,1-5H3. The van der Waals surface area contributed by atoms with Crippen LogP contribution in [0.25, 0.3) is 0 Å². The van der Waals surface area contributed by atoms with E-state index in [0.29, 0.717) is 24.3 Å². The summed E-state index contributed by atoms with van der Waals surface area (Å²) in [5.41, 5.74) is -0.874. The van der Waals surface area contributed by atoms with Gasteiger partial charge in [0.15, 0.2) is 19.4 Å². The number of carbonyl (C=O) groups excluding carboxylic acids is 2. The van der Waals surface area contributed by atoms with Crippen molar-refractivity contribution in [3.05, 3.63) is 23.8 Å². The fraction of sp³-hybridized carbons (Fsp3) is 0.600. The second-order valence-corrected chi connectivity index (χ2v) is 8.35. The first-order valence-electron chi connectivity index (χ1n) is 9.08. The number of hydrogen-bond donors (Lipinski definition) is 0. The van der Waals surface area contributed by atoms with E-state index >= 15 is 0 Å². The Hall–Kier alpha value is -1.94. The van der Waals surface area contributed by atoms with Gasteiger partial charge in [-0.05, 0) is 45.7 Å². The lowest BCUT2D eigenvalue weighted by Gasteiger charge is -2.39. The van der Waals surface area contributed by atoms with Gasteiger partial charge in [-0.1, -0.05) is 18.9 Å². The molecule has 0 aliphatic heterocycles. The zero-order valence-electron chi connectivity index (χ0n) is 16.5. The van der Waals surface area contributed by atoms with Crippen LogP contribution in [0.4, 0.5) is 0 Å². The van der Waals surface area contributed by atoms with Crippen molar-refractivity contribution in [1.82, 2.24) is 0 Å². The molecule has 0 spiro atoms. The summed E-state index contributed by atoms with van der Waals surface area (Å²) in [6.07, 6.45) is 2.07. The first kappa shape index (κ1) is 21.4. The van der Waals surface area contributed by atoms with Gasteiger partial charge in [0.05, 0.1) is 25.7 Å². The van der Waals surface area contributed by atoms with Crippen LogP contribution in [0.1, 0.15) is 56.8 Å². The molecule has 0 aromatic heterocycles. The van der Waals surface area contributed by atoms with E-state index in [4.69, 9.17) is 14.2 Å². The molecule has 1 atom stereocenters. The van der Waals surface area contributed by atoms with Crippen LogP contribution in [-0.4, -0.2) is 37.2 Å². The minimum atomic E-state index is -1.49. The molecule has 1 aliphatic rings. The average molecular weight is 394 g/mol. The molecule has 0 amide bonds. The summed E-state index contributed by atoms with van der Waals surface area (Å²) in [5.74, 6) is -0.181. The predicted molar refractivity (Wildman–Crippen MR) is 102 cm³/mol. The van der Waals surface area contributed by atoms with E-state index in [9.17, 15) is 14.2 Å². The fourth-order valence-electron chi connectivity index (χ4n) is 3.88. The largest absolute Gasteiger partial charge is 0.496 e. The molecule has 1 fully saturated rings. The Morgan fingerprint density at radius 2 is 1.63 bits per heavy atom. The van der Waals surface area contributed by atoms with Gasteiger partial charge in [0.25, 0.3) is 0 Å². The monoisotopic (exact) mass is 394 g/mol. The Morgan fingerprint density at radius 3 is 2.04 bits per heavy atom. The Labute approximate surface area is 161 Å². The summed E-state index contributed by atoms with van der Waals surface area (Å²) in [6, 6.07) is 5.09. The highest BCUT2D eigenvalue weighted by Gasteiger charge is 2.61. The third kappa shape index (κ3) is 3.60. The molecule has 1 saturated carbocycles. The van der Waals surface area contributed by atoms with Gasteiger partial charge in [0, 0.05) is 0 Å². The maximum absolute atomic E-state index is 13.8. The third-order valence-electron chi connectivity index (χ3n) is 5.40. The van der Waals surface area contributed by atoms with Crippen molar-refractivity contribution in [3.63, 3.8) is 0 Å². The minimum Gasteiger partial charge on any atom is -0.496 e.